The summed E-state index contributed by atoms with van der Waals surface area (Å²) in [4.78, 5) is 51.1. The molecule has 3 rings (SSSR count). The van der Waals surface area contributed by atoms with Crippen LogP contribution in [0.2, 0.25) is 0 Å². The normalized spacial score (nSPS) is 20.6. The summed E-state index contributed by atoms with van der Waals surface area (Å²) in [7, 11) is 0. The third-order valence-corrected chi connectivity index (χ3v) is 6.33. The van der Waals surface area contributed by atoms with Gasteiger partial charge in [0.1, 0.15) is 19.3 Å². The molecule has 0 fully saturated rings. The van der Waals surface area contributed by atoms with E-state index in [1.807, 2.05) is 60.7 Å². The van der Waals surface area contributed by atoms with Gasteiger partial charge in [0.05, 0.1) is 18.6 Å². The molecule has 0 bridgehead atoms. The first kappa shape index (κ1) is 30.4. The van der Waals surface area contributed by atoms with Crippen LogP contribution >= 0.6 is 0 Å². The molecule has 10 nitrogen and oxygen atoms in total. The van der Waals surface area contributed by atoms with Crippen molar-refractivity contribution in [3.8, 4) is 0 Å². The first-order chi connectivity index (χ1) is 19.3. The average molecular weight is 552 g/mol. The SMILES string of the molecule is C[C@H](CO)NC(=O)C[C@H]1CC=CC[C@@H](NC(=O)OCc2ccccc2)C(=O)OC[C@@H](Cc2ccccc2)NC1=O. The number of aliphatic hydroxyl groups excluding tert-OH is 1. The Kier molecular flexibility index (Phi) is 12.2. The van der Waals surface area contributed by atoms with Crippen molar-refractivity contribution in [1.29, 1.82) is 0 Å². The number of amides is 3. The molecule has 0 saturated heterocycles. The Balaban J connectivity index is 1.72. The Labute approximate surface area is 234 Å². The number of hydrogen-bond acceptors (Lipinski definition) is 7. The largest absolute Gasteiger partial charge is 0.462 e. The maximum atomic E-state index is 13.2. The van der Waals surface area contributed by atoms with Crippen molar-refractivity contribution < 1.29 is 33.8 Å². The highest BCUT2D eigenvalue weighted by atomic mass is 16.6. The Morgan fingerprint density at radius 3 is 2.35 bits per heavy atom. The van der Waals surface area contributed by atoms with Gasteiger partial charge in [-0.3, -0.25) is 9.59 Å². The number of cyclic esters (lactones) is 1. The molecule has 0 unspecified atom stereocenters. The zero-order chi connectivity index (χ0) is 28.7. The van der Waals surface area contributed by atoms with Gasteiger partial charge >= 0.3 is 12.1 Å². The third kappa shape index (κ3) is 10.5. The molecule has 2 aromatic carbocycles. The summed E-state index contributed by atoms with van der Waals surface area (Å²) in [6.07, 6.45) is 3.29. The predicted octanol–water partition coefficient (Wildman–Crippen LogP) is 2.41. The van der Waals surface area contributed by atoms with Crippen LogP contribution in [0.4, 0.5) is 4.79 Å². The lowest BCUT2D eigenvalue weighted by Crippen LogP contribution is -2.47. The second kappa shape index (κ2) is 16.0. The minimum atomic E-state index is -1.00. The molecule has 1 aliphatic rings. The van der Waals surface area contributed by atoms with Crippen LogP contribution in [0, 0.1) is 5.92 Å². The maximum absolute atomic E-state index is 13.2. The van der Waals surface area contributed by atoms with E-state index in [9.17, 15) is 24.3 Å². The van der Waals surface area contributed by atoms with E-state index in [0.29, 0.717) is 6.42 Å². The zero-order valence-electron chi connectivity index (χ0n) is 22.6. The smallest absolute Gasteiger partial charge is 0.408 e. The number of rotatable bonds is 9. The monoisotopic (exact) mass is 551 g/mol. The standard InChI is InChI=1S/C30H37N3O7/c1-21(18-34)31-27(35)17-24-14-8-9-15-26(33-30(38)40-19-23-12-6-3-7-13-23)29(37)39-20-25(32-28(24)36)16-22-10-4-2-5-11-22/h2-13,21,24-26,34H,14-20H2,1H3,(H,31,35)(H,32,36)(H,33,38)/t21-,24-,25-,26-/m1/s1. The number of carbonyl (C=O) groups is 4. The number of hydrogen-bond donors (Lipinski definition) is 4. The zero-order valence-corrected chi connectivity index (χ0v) is 22.6. The number of allylic oxidation sites excluding steroid dienone is 1. The highest BCUT2D eigenvalue weighted by Gasteiger charge is 2.28. The van der Waals surface area contributed by atoms with E-state index < -0.39 is 36.1 Å². The number of benzene rings is 2. The molecule has 0 aromatic heterocycles. The molecular formula is C30H37N3O7. The van der Waals surface area contributed by atoms with E-state index >= 15 is 0 Å². The Hall–Kier alpha value is -4.18. The number of alkyl carbamates (subject to hydrolysis) is 1. The molecular weight excluding hydrogens is 514 g/mol. The summed E-state index contributed by atoms with van der Waals surface area (Å²) in [6.45, 7) is 1.38. The average Bonchev–Trinajstić information content (AvgIpc) is 2.95. The summed E-state index contributed by atoms with van der Waals surface area (Å²) >= 11 is 0. The van der Waals surface area contributed by atoms with Crippen LogP contribution in [0.25, 0.3) is 0 Å². The topological polar surface area (TPSA) is 143 Å². The van der Waals surface area contributed by atoms with E-state index in [1.165, 1.54) is 0 Å². The second-order valence-electron chi connectivity index (χ2n) is 9.78. The molecule has 10 heteroatoms. The van der Waals surface area contributed by atoms with E-state index in [-0.39, 0.29) is 50.9 Å². The second-order valence-corrected chi connectivity index (χ2v) is 9.78. The molecule has 2 aromatic rings. The molecule has 1 aliphatic heterocycles. The summed E-state index contributed by atoms with van der Waals surface area (Å²) in [6, 6.07) is 16.6. The Bertz CT molecular complexity index is 1140. The van der Waals surface area contributed by atoms with Crippen LogP contribution in [0.3, 0.4) is 0 Å². The van der Waals surface area contributed by atoms with Gasteiger partial charge in [-0.2, -0.15) is 0 Å². The fraction of sp³-hybridized carbons (Fsp3) is 0.400. The van der Waals surface area contributed by atoms with Gasteiger partial charge in [0, 0.05) is 12.5 Å². The number of ether oxygens (including phenoxy) is 2. The van der Waals surface area contributed by atoms with Crippen molar-refractivity contribution in [3.63, 3.8) is 0 Å². The van der Waals surface area contributed by atoms with E-state index in [1.54, 1.807) is 19.1 Å². The van der Waals surface area contributed by atoms with Gasteiger partial charge in [-0.15, -0.1) is 0 Å². The lowest BCUT2D eigenvalue weighted by Gasteiger charge is -2.24. The van der Waals surface area contributed by atoms with Gasteiger partial charge in [0.15, 0.2) is 0 Å². The van der Waals surface area contributed by atoms with Crippen LogP contribution in [0.15, 0.2) is 72.8 Å². The fourth-order valence-corrected chi connectivity index (χ4v) is 4.15. The molecule has 0 saturated carbocycles. The van der Waals surface area contributed by atoms with Crippen LogP contribution < -0.4 is 16.0 Å². The van der Waals surface area contributed by atoms with E-state index in [2.05, 4.69) is 16.0 Å². The maximum Gasteiger partial charge on any atom is 0.408 e. The van der Waals surface area contributed by atoms with Gasteiger partial charge in [-0.1, -0.05) is 72.8 Å². The number of aliphatic hydroxyl groups is 1. The summed E-state index contributed by atoms with van der Waals surface area (Å²) in [5, 5.41) is 17.4. The molecule has 0 spiro atoms. The lowest BCUT2D eigenvalue weighted by molar-refractivity contribution is -0.147. The quantitative estimate of drug-likeness (QED) is 0.277. The minimum absolute atomic E-state index is 0.0497. The van der Waals surface area contributed by atoms with Crippen molar-refractivity contribution in [1.82, 2.24) is 16.0 Å². The molecule has 0 aliphatic carbocycles. The summed E-state index contributed by atoms with van der Waals surface area (Å²) < 4.78 is 10.8. The molecule has 4 N–H and O–H groups in total. The van der Waals surface area contributed by atoms with E-state index in [0.717, 1.165) is 11.1 Å². The van der Waals surface area contributed by atoms with Gasteiger partial charge in [0.25, 0.3) is 0 Å². The molecule has 1 heterocycles. The van der Waals surface area contributed by atoms with Crippen LogP contribution in [-0.4, -0.2) is 60.3 Å². The van der Waals surface area contributed by atoms with Gasteiger partial charge in [0.2, 0.25) is 11.8 Å². The molecule has 214 valence electrons. The van der Waals surface area contributed by atoms with Gasteiger partial charge in [-0.05, 0) is 37.3 Å². The van der Waals surface area contributed by atoms with Gasteiger partial charge in [-0.25, -0.2) is 9.59 Å². The first-order valence-electron chi connectivity index (χ1n) is 13.4. The van der Waals surface area contributed by atoms with Gasteiger partial charge < -0.3 is 30.5 Å². The van der Waals surface area contributed by atoms with Crippen molar-refractivity contribution in [2.24, 2.45) is 5.92 Å². The number of carbonyl (C=O) groups excluding carboxylic acids is 4. The molecule has 40 heavy (non-hydrogen) atoms. The highest BCUT2D eigenvalue weighted by Crippen LogP contribution is 2.15. The highest BCUT2D eigenvalue weighted by molar-refractivity contribution is 5.86. The Morgan fingerprint density at radius 2 is 1.68 bits per heavy atom. The molecule has 0 radical (unpaired) electrons. The molecule has 3 amide bonds. The third-order valence-electron chi connectivity index (χ3n) is 6.33. The summed E-state index contributed by atoms with van der Waals surface area (Å²) in [5.74, 6) is -2.02. The number of nitrogens with one attached hydrogen (secondary N) is 3. The first-order valence-corrected chi connectivity index (χ1v) is 13.4. The molecule has 4 atom stereocenters. The van der Waals surface area contributed by atoms with Crippen molar-refractivity contribution in [2.75, 3.05) is 13.2 Å². The van der Waals surface area contributed by atoms with Crippen molar-refractivity contribution in [3.05, 3.63) is 83.9 Å². The summed E-state index contributed by atoms with van der Waals surface area (Å²) in [5.41, 5.74) is 1.74. The van der Waals surface area contributed by atoms with Crippen LogP contribution in [0.5, 0.6) is 0 Å². The lowest BCUT2D eigenvalue weighted by atomic mass is 9.97. The van der Waals surface area contributed by atoms with Crippen molar-refractivity contribution >= 4 is 23.9 Å². The van der Waals surface area contributed by atoms with E-state index in [4.69, 9.17) is 9.47 Å². The predicted molar refractivity (Wildman–Crippen MR) is 148 cm³/mol. The van der Waals surface area contributed by atoms with Crippen LogP contribution in [0.1, 0.15) is 37.3 Å². The minimum Gasteiger partial charge on any atom is -0.462 e. The Morgan fingerprint density at radius 1 is 1.02 bits per heavy atom. The number of esters is 1. The van der Waals surface area contributed by atoms with Crippen molar-refractivity contribution in [2.45, 2.75) is 57.3 Å². The van der Waals surface area contributed by atoms with Crippen LogP contribution in [-0.2, 0) is 36.9 Å². The fourth-order valence-electron chi connectivity index (χ4n) is 4.15.